The van der Waals surface area contributed by atoms with Crippen LogP contribution in [0, 0.1) is 12.3 Å². The van der Waals surface area contributed by atoms with Gasteiger partial charge in [0.05, 0.1) is 25.6 Å². The number of rotatable bonds is 6. The molecule has 1 rings (SSSR count). The number of carboxylic acid groups (broad SMARTS) is 1. The van der Waals surface area contributed by atoms with E-state index in [1.807, 2.05) is 6.92 Å². The second kappa shape index (κ2) is 6.34. The van der Waals surface area contributed by atoms with Gasteiger partial charge in [0.1, 0.15) is 0 Å². The maximum atomic E-state index is 12.2. The molecule has 19 heavy (non-hydrogen) atoms. The minimum absolute atomic E-state index is 0.00185. The quantitative estimate of drug-likeness (QED) is 0.538. The average Bonchev–Trinajstić information content (AvgIpc) is 2.63. The number of carboxylic acids is 1. The zero-order valence-electron chi connectivity index (χ0n) is 11.1. The second-order valence-corrected chi connectivity index (χ2v) is 4.58. The first-order valence-corrected chi connectivity index (χ1v) is 6.17. The van der Waals surface area contributed by atoms with Crippen LogP contribution in [0.25, 0.3) is 0 Å². The molecule has 6 nitrogen and oxygen atoms in total. The van der Waals surface area contributed by atoms with E-state index in [1.165, 1.54) is 9.80 Å². The topological polar surface area (TPSA) is 77.9 Å². The standard InChI is InChI=1S/C13H18N2O4/c1-4-6-14(8-12(17)18)10-7-11(16)15(13(10)19)9(3)5-2/h1,9-10H,5-8H2,2-3H3,(H,17,18). The van der Waals surface area contributed by atoms with Crippen LogP contribution >= 0.6 is 0 Å². The molecule has 1 heterocycles. The Morgan fingerprint density at radius 2 is 2.26 bits per heavy atom. The van der Waals surface area contributed by atoms with Gasteiger partial charge in [-0.2, -0.15) is 0 Å². The van der Waals surface area contributed by atoms with Crippen molar-refractivity contribution in [3.05, 3.63) is 0 Å². The molecular formula is C13H18N2O4. The van der Waals surface area contributed by atoms with E-state index >= 15 is 0 Å². The Balaban J connectivity index is 2.89. The van der Waals surface area contributed by atoms with Crippen LogP contribution < -0.4 is 0 Å². The van der Waals surface area contributed by atoms with Gasteiger partial charge in [0.25, 0.3) is 0 Å². The summed E-state index contributed by atoms with van der Waals surface area (Å²) in [6.45, 7) is 3.36. The summed E-state index contributed by atoms with van der Waals surface area (Å²) in [6, 6.07) is -0.934. The minimum atomic E-state index is -1.07. The summed E-state index contributed by atoms with van der Waals surface area (Å²) < 4.78 is 0. The Morgan fingerprint density at radius 3 is 2.74 bits per heavy atom. The summed E-state index contributed by atoms with van der Waals surface area (Å²) in [6.07, 6.45) is 5.84. The van der Waals surface area contributed by atoms with Crippen molar-refractivity contribution in [3.8, 4) is 12.3 Å². The number of likely N-dealkylation sites (tertiary alicyclic amines) is 1. The normalized spacial score (nSPS) is 20.7. The number of imide groups is 1. The highest BCUT2D eigenvalue weighted by Crippen LogP contribution is 2.22. The molecule has 1 aliphatic heterocycles. The van der Waals surface area contributed by atoms with Crippen LogP contribution in [0.5, 0.6) is 0 Å². The van der Waals surface area contributed by atoms with Gasteiger partial charge >= 0.3 is 5.97 Å². The number of amides is 2. The van der Waals surface area contributed by atoms with Crippen molar-refractivity contribution < 1.29 is 19.5 Å². The van der Waals surface area contributed by atoms with Crippen molar-refractivity contribution in [2.45, 2.75) is 38.8 Å². The van der Waals surface area contributed by atoms with Crippen LogP contribution in [0.1, 0.15) is 26.7 Å². The molecule has 1 aliphatic rings. The van der Waals surface area contributed by atoms with Crippen LogP contribution in [-0.2, 0) is 14.4 Å². The molecule has 1 saturated heterocycles. The van der Waals surface area contributed by atoms with E-state index in [4.69, 9.17) is 11.5 Å². The predicted octanol–water partition coefficient (Wildman–Crippen LogP) is -0.0678. The highest BCUT2D eigenvalue weighted by molar-refractivity contribution is 6.06. The van der Waals surface area contributed by atoms with E-state index in [-0.39, 0.29) is 37.4 Å². The lowest BCUT2D eigenvalue weighted by Crippen LogP contribution is -2.46. The molecule has 2 amide bonds. The van der Waals surface area contributed by atoms with E-state index in [9.17, 15) is 14.4 Å². The number of carbonyl (C=O) groups excluding carboxylic acids is 2. The molecule has 1 fully saturated rings. The first-order valence-electron chi connectivity index (χ1n) is 6.17. The summed E-state index contributed by atoms with van der Waals surface area (Å²) >= 11 is 0. The molecule has 0 spiro atoms. The average molecular weight is 266 g/mol. The summed E-state index contributed by atoms with van der Waals surface area (Å²) in [5, 5.41) is 8.82. The largest absolute Gasteiger partial charge is 0.480 e. The Kier molecular flexibility index (Phi) is 5.07. The monoisotopic (exact) mass is 266 g/mol. The van der Waals surface area contributed by atoms with E-state index < -0.39 is 12.0 Å². The van der Waals surface area contributed by atoms with Crippen molar-refractivity contribution >= 4 is 17.8 Å². The molecule has 0 aromatic heterocycles. The fourth-order valence-electron chi connectivity index (χ4n) is 2.13. The lowest BCUT2D eigenvalue weighted by atomic mass is 10.2. The first kappa shape index (κ1) is 15.2. The lowest BCUT2D eigenvalue weighted by molar-refractivity contribution is -0.142. The third kappa shape index (κ3) is 3.32. The van der Waals surface area contributed by atoms with Crippen LogP contribution in [0.15, 0.2) is 0 Å². The SMILES string of the molecule is C#CCN(CC(=O)O)C1CC(=O)N(C(C)CC)C1=O. The van der Waals surface area contributed by atoms with E-state index in [1.54, 1.807) is 6.92 Å². The minimum Gasteiger partial charge on any atom is -0.480 e. The van der Waals surface area contributed by atoms with Gasteiger partial charge in [-0.25, -0.2) is 0 Å². The number of aliphatic carboxylic acids is 1. The summed E-state index contributed by atoms with van der Waals surface area (Å²) in [5.74, 6) is 0.634. The molecule has 0 aromatic carbocycles. The van der Waals surface area contributed by atoms with Crippen LogP contribution in [0.4, 0.5) is 0 Å². The maximum Gasteiger partial charge on any atom is 0.317 e. The highest BCUT2D eigenvalue weighted by Gasteiger charge is 2.43. The van der Waals surface area contributed by atoms with Gasteiger partial charge in [-0.3, -0.25) is 24.2 Å². The van der Waals surface area contributed by atoms with Gasteiger partial charge in [0.15, 0.2) is 0 Å². The van der Waals surface area contributed by atoms with Gasteiger partial charge in [-0.1, -0.05) is 12.8 Å². The number of hydrogen-bond donors (Lipinski definition) is 1. The fraction of sp³-hybridized carbons (Fsp3) is 0.615. The van der Waals surface area contributed by atoms with E-state index in [0.717, 1.165) is 0 Å². The third-order valence-corrected chi connectivity index (χ3v) is 3.26. The van der Waals surface area contributed by atoms with Crippen LogP contribution in [0.2, 0.25) is 0 Å². The molecule has 104 valence electrons. The van der Waals surface area contributed by atoms with Gasteiger partial charge in [0.2, 0.25) is 11.8 Å². The molecule has 1 N–H and O–H groups in total. The molecular weight excluding hydrogens is 248 g/mol. The molecule has 0 aromatic rings. The van der Waals surface area contributed by atoms with Gasteiger partial charge in [-0.05, 0) is 13.3 Å². The fourth-order valence-corrected chi connectivity index (χ4v) is 2.13. The Bertz CT molecular complexity index is 427. The third-order valence-electron chi connectivity index (χ3n) is 3.26. The molecule has 2 atom stereocenters. The van der Waals surface area contributed by atoms with Crippen molar-refractivity contribution in [1.29, 1.82) is 0 Å². The number of nitrogens with zero attached hydrogens (tertiary/aromatic N) is 2. The van der Waals surface area contributed by atoms with Crippen molar-refractivity contribution in [2.24, 2.45) is 0 Å². The lowest BCUT2D eigenvalue weighted by Gasteiger charge is -2.25. The number of carbonyl (C=O) groups is 3. The predicted molar refractivity (Wildman–Crippen MR) is 68.1 cm³/mol. The molecule has 6 heteroatoms. The smallest absolute Gasteiger partial charge is 0.317 e. The highest BCUT2D eigenvalue weighted by atomic mass is 16.4. The molecule has 0 bridgehead atoms. The molecule has 0 aliphatic carbocycles. The maximum absolute atomic E-state index is 12.2. The number of hydrogen-bond acceptors (Lipinski definition) is 4. The van der Waals surface area contributed by atoms with Gasteiger partial charge in [0, 0.05) is 6.04 Å². The Morgan fingerprint density at radius 1 is 1.63 bits per heavy atom. The Labute approximate surface area is 112 Å². The van der Waals surface area contributed by atoms with Crippen molar-refractivity contribution in [2.75, 3.05) is 13.1 Å². The van der Waals surface area contributed by atoms with Crippen LogP contribution in [0.3, 0.4) is 0 Å². The van der Waals surface area contributed by atoms with Gasteiger partial charge < -0.3 is 5.11 Å². The van der Waals surface area contributed by atoms with E-state index in [0.29, 0.717) is 6.42 Å². The van der Waals surface area contributed by atoms with Crippen molar-refractivity contribution in [3.63, 3.8) is 0 Å². The summed E-state index contributed by atoms with van der Waals surface area (Å²) in [7, 11) is 0. The van der Waals surface area contributed by atoms with Gasteiger partial charge in [-0.15, -0.1) is 6.42 Å². The molecule has 2 unspecified atom stereocenters. The molecule has 0 saturated carbocycles. The Hall–Kier alpha value is -1.87. The number of terminal acetylenes is 1. The summed E-state index contributed by atoms with van der Waals surface area (Å²) in [4.78, 5) is 37.4. The zero-order valence-corrected chi connectivity index (χ0v) is 11.1. The second-order valence-electron chi connectivity index (χ2n) is 4.58. The van der Waals surface area contributed by atoms with Crippen molar-refractivity contribution in [1.82, 2.24) is 9.80 Å². The zero-order chi connectivity index (χ0) is 14.6. The first-order chi connectivity index (χ1) is 8.92. The van der Waals surface area contributed by atoms with Crippen LogP contribution in [-0.4, -0.2) is 57.9 Å². The molecule has 0 radical (unpaired) electrons. The van der Waals surface area contributed by atoms with E-state index in [2.05, 4.69) is 5.92 Å². The summed E-state index contributed by atoms with van der Waals surface area (Å²) in [5.41, 5.74) is 0.